The number of hydrogen-bond donors (Lipinski definition) is 2. The Labute approximate surface area is 181 Å². The lowest BCUT2D eigenvalue weighted by atomic mass is 10.2. The van der Waals surface area contributed by atoms with Crippen molar-refractivity contribution in [2.24, 2.45) is 4.99 Å². The largest absolute Gasteiger partial charge is 0.573 e. The predicted octanol–water partition coefficient (Wildman–Crippen LogP) is 3.47. The molecular formula is C17H27F3IN3O3S. The van der Waals surface area contributed by atoms with E-state index in [1.807, 2.05) is 6.92 Å². The molecule has 0 aliphatic rings. The molecule has 0 aliphatic heterocycles. The molecule has 0 bridgehead atoms. The molecule has 2 N–H and O–H groups in total. The third kappa shape index (κ3) is 9.30. The van der Waals surface area contributed by atoms with Gasteiger partial charge >= 0.3 is 6.36 Å². The van der Waals surface area contributed by atoms with E-state index in [9.17, 15) is 21.6 Å². The number of benzene rings is 1. The second kappa shape index (κ2) is 11.1. The Morgan fingerprint density at radius 1 is 1.14 bits per heavy atom. The monoisotopic (exact) mass is 537 g/mol. The summed E-state index contributed by atoms with van der Waals surface area (Å²) in [5.41, 5.74) is 0.259. The van der Waals surface area contributed by atoms with Gasteiger partial charge in [0.05, 0.1) is 17.0 Å². The van der Waals surface area contributed by atoms with E-state index in [-0.39, 0.29) is 54.1 Å². The van der Waals surface area contributed by atoms with Crippen molar-refractivity contribution in [2.75, 3.05) is 18.8 Å². The molecule has 28 heavy (non-hydrogen) atoms. The SMILES string of the molecule is CCNC(=NCc1ccccc1OC(F)(F)F)NCCS(=O)(=O)C(C)(C)C.I. The molecular weight excluding hydrogens is 510 g/mol. The highest BCUT2D eigenvalue weighted by molar-refractivity contribution is 14.0. The van der Waals surface area contributed by atoms with E-state index in [0.717, 1.165) is 0 Å². The van der Waals surface area contributed by atoms with Crippen molar-refractivity contribution in [1.82, 2.24) is 10.6 Å². The van der Waals surface area contributed by atoms with Gasteiger partial charge in [0.1, 0.15) is 5.75 Å². The second-order valence-electron chi connectivity index (χ2n) is 6.71. The molecule has 162 valence electrons. The van der Waals surface area contributed by atoms with Gasteiger partial charge in [-0.3, -0.25) is 0 Å². The number of rotatable bonds is 7. The molecule has 0 unspecified atom stereocenters. The first-order chi connectivity index (χ1) is 12.4. The quantitative estimate of drug-likeness (QED) is 0.317. The maximum absolute atomic E-state index is 12.5. The van der Waals surface area contributed by atoms with Crippen LogP contribution in [-0.4, -0.2) is 44.3 Å². The maximum atomic E-state index is 12.5. The number of nitrogens with one attached hydrogen (secondary N) is 2. The Balaban J connectivity index is 0.00000729. The molecule has 0 amide bonds. The van der Waals surface area contributed by atoms with Crippen molar-refractivity contribution < 1.29 is 26.3 Å². The molecule has 1 aromatic rings. The summed E-state index contributed by atoms with van der Waals surface area (Å²) in [5, 5.41) is 5.81. The Hall–Kier alpha value is -1.24. The lowest BCUT2D eigenvalue weighted by molar-refractivity contribution is -0.274. The predicted molar refractivity (Wildman–Crippen MR) is 115 cm³/mol. The van der Waals surface area contributed by atoms with E-state index < -0.39 is 20.9 Å². The Bertz CT molecular complexity index is 748. The number of nitrogens with zero attached hydrogens (tertiary/aromatic N) is 1. The van der Waals surface area contributed by atoms with Crippen LogP contribution < -0.4 is 15.4 Å². The first-order valence-electron chi connectivity index (χ1n) is 8.44. The molecule has 0 heterocycles. The molecule has 0 aliphatic carbocycles. The van der Waals surface area contributed by atoms with Gasteiger partial charge in [0, 0.05) is 18.7 Å². The van der Waals surface area contributed by atoms with Crippen LogP contribution in [0.2, 0.25) is 0 Å². The minimum atomic E-state index is -4.79. The first kappa shape index (κ1) is 26.8. The van der Waals surface area contributed by atoms with Crippen LogP contribution in [0.25, 0.3) is 0 Å². The summed E-state index contributed by atoms with van der Waals surface area (Å²) < 4.78 is 64.8. The lowest BCUT2D eigenvalue weighted by Gasteiger charge is -2.20. The van der Waals surface area contributed by atoms with Crippen LogP contribution in [0, 0.1) is 0 Å². The maximum Gasteiger partial charge on any atom is 0.573 e. The standard InChI is InChI=1S/C17H26F3N3O3S.HI/c1-5-21-15(22-10-11-27(24,25)16(2,3)4)23-12-13-8-6-7-9-14(13)26-17(18,19)20;/h6-9H,5,10-12H2,1-4H3,(H2,21,22,23);1H. The molecule has 11 heteroatoms. The van der Waals surface area contributed by atoms with E-state index in [2.05, 4.69) is 20.4 Å². The molecule has 6 nitrogen and oxygen atoms in total. The van der Waals surface area contributed by atoms with E-state index in [1.54, 1.807) is 26.8 Å². The first-order valence-corrected chi connectivity index (χ1v) is 10.1. The second-order valence-corrected chi connectivity index (χ2v) is 9.57. The van der Waals surface area contributed by atoms with Gasteiger partial charge in [0.25, 0.3) is 0 Å². The van der Waals surface area contributed by atoms with E-state index in [4.69, 9.17) is 0 Å². The van der Waals surface area contributed by atoms with Crippen molar-refractivity contribution in [2.45, 2.75) is 45.3 Å². The molecule has 0 saturated heterocycles. The zero-order valence-electron chi connectivity index (χ0n) is 16.3. The molecule has 0 atom stereocenters. The number of para-hydroxylation sites is 1. The summed E-state index contributed by atoms with van der Waals surface area (Å²) >= 11 is 0. The van der Waals surface area contributed by atoms with Crippen molar-refractivity contribution in [3.05, 3.63) is 29.8 Å². The average molecular weight is 537 g/mol. The topological polar surface area (TPSA) is 79.8 Å². The number of guanidine groups is 1. The fourth-order valence-corrected chi connectivity index (χ4v) is 2.96. The van der Waals surface area contributed by atoms with Crippen molar-refractivity contribution in [1.29, 1.82) is 0 Å². The van der Waals surface area contributed by atoms with E-state index in [1.165, 1.54) is 18.2 Å². The fourth-order valence-electron chi connectivity index (χ4n) is 1.97. The van der Waals surface area contributed by atoms with Crippen molar-refractivity contribution >= 4 is 39.8 Å². The molecule has 0 radical (unpaired) electrons. The minimum absolute atomic E-state index is 0. The number of sulfone groups is 1. The van der Waals surface area contributed by atoms with Gasteiger partial charge in [0.2, 0.25) is 0 Å². The highest BCUT2D eigenvalue weighted by atomic mass is 127. The van der Waals surface area contributed by atoms with E-state index in [0.29, 0.717) is 12.5 Å². The van der Waals surface area contributed by atoms with Crippen LogP contribution >= 0.6 is 24.0 Å². The summed E-state index contributed by atoms with van der Waals surface area (Å²) in [6.07, 6.45) is -4.79. The summed E-state index contributed by atoms with van der Waals surface area (Å²) in [4.78, 5) is 4.21. The third-order valence-corrected chi connectivity index (χ3v) is 6.15. The summed E-state index contributed by atoms with van der Waals surface area (Å²) in [6, 6.07) is 5.73. The van der Waals surface area contributed by atoms with Gasteiger partial charge in [0.15, 0.2) is 15.8 Å². The van der Waals surface area contributed by atoms with Crippen LogP contribution in [0.15, 0.2) is 29.3 Å². The lowest BCUT2D eigenvalue weighted by Crippen LogP contribution is -2.41. The third-order valence-electron chi connectivity index (χ3n) is 3.55. The summed E-state index contributed by atoms with van der Waals surface area (Å²) in [7, 11) is -3.29. The molecule has 0 fully saturated rings. The molecule has 0 spiro atoms. The highest BCUT2D eigenvalue weighted by Gasteiger charge is 2.32. The normalized spacial score (nSPS) is 12.9. The highest BCUT2D eigenvalue weighted by Crippen LogP contribution is 2.26. The van der Waals surface area contributed by atoms with Gasteiger partial charge in [-0.15, -0.1) is 37.1 Å². The Morgan fingerprint density at radius 2 is 1.75 bits per heavy atom. The average Bonchev–Trinajstić information content (AvgIpc) is 2.51. The molecule has 1 rings (SSSR count). The Kier molecular flexibility index (Phi) is 10.6. The van der Waals surface area contributed by atoms with Crippen LogP contribution in [-0.2, 0) is 16.4 Å². The van der Waals surface area contributed by atoms with Crippen molar-refractivity contribution in [3.8, 4) is 5.75 Å². The van der Waals surface area contributed by atoms with Gasteiger partial charge in [-0.2, -0.15) is 0 Å². The van der Waals surface area contributed by atoms with Gasteiger partial charge < -0.3 is 15.4 Å². The zero-order chi connectivity index (χ0) is 20.7. The zero-order valence-corrected chi connectivity index (χ0v) is 19.4. The van der Waals surface area contributed by atoms with Gasteiger partial charge in [-0.05, 0) is 33.8 Å². The number of hydrogen-bond acceptors (Lipinski definition) is 4. The van der Waals surface area contributed by atoms with Crippen LogP contribution in [0.4, 0.5) is 13.2 Å². The van der Waals surface area contributed by atoms with Gasteiger partial charge in [-0.1, -0.05) is 18.2 Å². The summed E-state index contributed by atoms with van der Waals surface area (Å²) in [5.74, 6) is -0.0994. The van der Waals surface area contributed by atoms with Crippen LogP contribution in [0.3, 0.4) is 0 Å². The van der Waals surface area contributed by atoms with Crippen LogP contribution in [0.5, 0.6) is 5.75 Å². The van der Waals surface area contributed by atoms with E-state index >= 15 is 0 Å². The molecule has 0 saturated carbocycles. The number of alkyl halides is 3. The van der Waals surface area contributed by atoms with Crippen molar-refractivity contribution in [3.63, 3.8) is 0 Å². The Morgan fingerprint density at radius 3 is 2.29 bits per heavy atom. The van der Waals surface area contributed by atoms with Crippen LogP contribution in [0.1, 0.15) is 33.3 Å². The summed E-state index contributed by atoms with van der Waals surface area (Å²) in [6.45, 7) is 7.28. The molecule has 0 aromatic heterocycles. The fraction of sp³-hybridized carbons (Fsp3) is 0.588. The number of aliphatic imine (C=N–C) groups is 1. The molecule has 1 aromatic carbocycles. The minimum Gasteiger partial charge on any atom is -0.405 e. The number of ether oxygens (including phenoxy) is 1. The smallest absolute Gasteiger partial charge is 0.405 e. The van der Waals surface area contributed by atoms with Gasteiger partial charge in [-0.25, -0.2) is 13.4 Å². The number of halogens is 4.